The van der Waals surface area contributed by atoms with E-state index in [0.717, 1.165) is 24.8 Å². The van der Waals surface area contributed by atoms with E-state index in [1.54, 1.807) is 0 Å². The van der Waals surface area contributed by atoms with Gasteiger partial charge in [-0.05, 0) is 19.5 Å². The maximum atomic E-state index is 4.42. The van der Waals surface area contributed by atoms with E-state index in [-0.39, 0.29) is 0 Å². The lowest BCUT2D eigenvalue weighted by Gasteiger charge is -2.14. The number of hydrogen-bond acceptors (Lipinski definition) is 2. The summed E-state index contributed by atoms with van der Waals surface area (Å²) in [5, 5.41) is 5.44. The first-order valence-corrected chi connectivity index (χ1v) is 6.05. The minimum Gasteiger partial charge on any atom is -0.300 e. The number of aryl methyl sites for hydroxylation is 2. The first-order valence-electron chi connectivity index (χ1n) is 4.93. The average molecular weight is 260 g/mol. The minimum absolute atomic E-state index is 0.967. The molecule has 0 saturated heterocycles. The van der Waals surface area contributed by atoms with E-state index in [0.29, 0.717) is 0 Å². The summed E-state index contributed by atoms with van der Waals surface area (Å²) in [4.78, 5) is 2.28. The maximum Gasteiger partial charge on any atom is 0.0625 e. The molecule has 1 aromatic heterocycles. The van der Waals surface area contributed by atoms with Gasteiger partial charge in [0.1, 0.15) is 0 Å². The second-order valence-electron chi connectivity index (χ2n) is 3.53. The van der Waals surface area contributed by atoms with Gasteiger partial charge in [0.05, 0.1) is 11.4 Å². The van der Waals surface area contributed by atoms with Crippen LogP contribution in [-0.2, 0) is 20.0 Å². The van der Waals surface area contributed by atoms with E-state index < -0.39 is 0 Å². The van der Waals surface area contributed by atoms with Crippen LogP contribution in [-0.4, -0.2) is 33.6 Å². The summed E-state index contributed by atoms with van der Waals surface area (Å²) in [6.07, 6.45) is 1.01. The summed E-state index contributed by atoms with van der Waals surface area (Å²) >= 11 is 3.44. The molecule has 0 N–H and O–H groups in total. The van der Waals surface area contributed by atoms with E-state index in [1.165, 1.54) is 11.4 Å². The number of alkyl halides is 1. The third-order valence-corrected chi connectivity index (χ3v) is 2.64. The highest BCUT2D eigenvalue weighted by Gasteiger charge is 2.05. The van der Waals surface area contributed by atoms with E-state index in [1.807, 2.05) is 11.7 Å². The van der Waals surface area contributed by atoms with Gasteiger partial charge >= 0.3 is 0 Å². The Balaban J connectivity index is 2.61. The summed E-state index contributed by atoms with van der Waals surface area (Å²) in [5.41, 5.74) is 2.46. The predicted molar refractivity (Wildman–Crippen MR) is 62.7 cm³/mol. The molecule has 1 rings (SSSR count). The topological polar surface area (TPSA) is 21.1 Å². The van der Waals surface area contributed by atoms with Gasteiger partial charge in [-0.15, -0.1) is 0 Å². The number of halogens is 1. The Labute approximate surface area is 94.2 Å². The molecule has 0 aliphatic rings. The molecule has 0 amide bonds. The fraction of sp³-hybridized carbons (Fsp3) is 0.700. The summed E-state index contributed by atoms with van der Waals surface area (Å²) < 4.78 is 1.98. The zero-order valence-electron chi connectivity index (χ0n) is 9.13. The van der Waals surface area contributed by atoms with Crippen LogP contribution >= 0.6 is 15.9 Å². The quantitative estimate of drug-likeness (QED) is 0.753. The smallest absolute Gasteiger partial charge is 0.0625 e. The monoisotopic (exact) mass is 259 g/mol. The molecule has 0 aromatic carbocycles. The summed E-state index contributed by atoms with van der Waals surface area (Å²) in [6, 6.07) is 2.19. The van der Waals surface area contributed by atoms with Crippen molar-refractivity contribution in [3.63, 3.8) is 0 Å². The Morgan fingerprint density at radius 1 is 1.57 bits per heavy atom. The van der Waals surface area contributed by atoms with Gasteiger partial charge in [-0.1, -0.05) is 22.9 Å². The molecule has 0 aliphatic carbocycles. The largest absolute Gasteiger partial charge is 0.300 e. The number of aromatic nitrogens is 2. The van der Waals surface area contributed by atoms with Crippen LogP contribution in [0.4, 0.5) is 0 Å². The fourth-order valence-electron chi connectivity index (χ4n) is 1.39. The normalized spacial score (nSPS) is 11.2. The summed E-state index contributed by atoms with van der Waals surface area (Å²) in [6.45, 7) is 4.16. The Hall–Kier alpha value is -0.350. The van der Waals surface area contributed by atoms with Crippen molar-refractivity contribution < 1.29 is 0 Å². The second kappa shape index (κ2) is 5.51. The zero-order chi connectivity index (χ0) is 10.6. The van der Waals surface area contributed by atoms with Crippen LogP contribution in [0.5, 0.6) is 0 Å². The lowest BCUT2D eigenvalue weighted by atomic mass is 10.3. The second-order valence-corrected chi connectivity index (χ2v) is 4.32. The van der Waals surface area contributed by atoms with E-state index in [2.05, 4.69) is 46.0 Å². The van der Waals surface area contributed by atoms with Crippen molar-refractivity contribution in [1.82, 2.24) is 14.7 Å². The van der Waals surface area contributed by atoms with Crippen LogP contribution in [0.3, 0.4) is 0 Å². The van der Waals surface area contributed by atoms with Crippen molar-refractivity contribution in [3.05, 3.63) is 17.5 Å². The number of nitrogens with zero attached hydrogens (tertiary/aromatic N) is 3. The van der Waals surface area contributed by atoms with Crippen LogP contribution < -0.4 is 0 Å². The third-order valence-electron chi connectivity index (χ3n) is 2.29. The van der Waals surface area contributed by atoms with Gasteiger partial charge < -0.3 is 0 Å². The van der Waals surface area contributed by atoms with E-state index >= 15 is 0 Å². The molecule has 1 heterocycles. The highest BCUT2D eigenvalue weighted by molar-refractivity contribution is 9.09. The lowest BCUT2D eigenvalue weighted by Crippen LogP contribution is -2.21. The van der Waals surface area contributed by atoms with Gasteiger partial charge in [-0.25, -0.2) is 0 Å². The first kappa shape index (κ1) is 11.7. The molecule has 0 fully saturated rings. The lowest BCUT2D eigenvalue weighted by molar-refractivity contribution is 0.338. The SMILES string of the molecule is CCc1cc(CN(C)CCBr)n(C)n1. The first-order chi connectivity index (χ1) is 6.67. The van der Waals surface area contributed by atoms with Crippen LogP contribution in [0.15, 0.2) is 6.07 Å². The molecule has 0 radical (unpaired) electrons. The zero-order valence-corrected chi connectivity index (χ0v) is 10.7. The molecular weight excluding hydrogens is 242 g/mol. The van der Waals surface area contributed by atoms with E-state index in [9.17, 15) is 0 Å². The van der Waals surface area contributed by atoms with Crippen molar-refractivity contribution >= 4 is 15.9 Å². The van der Waals surface area contributed by atoms with Crippen molar-refractivity contribution in [2.45, 2.75) is 19.9 Å². The number of hydrogen-bond donors (Lipinski definition) is 0. The molecule has 0 spiro atoms. The summed E-state index contributed by atoms with van der Waals surface area (Å²) in [5.74, 6) is 0. The van der Waals surface area contributed by atoms with Crippen LogP contribution in [0.2, 0.25) is 0 Å². The molecule has 0 saturated carbocycles. The van der Waals surface area contributed by atoms with Crippen LogP contribution in [0.25, 0.3) is 0 Å². The Morgan fingerprint density at radius 2 is 2.29 bits per heavy atom. The molecule has 80 valence electrons. The molecule has 3 nitrogen and oxygen atoms in total. The number of rotatable bonds is 5. The maximum absolute atomic E-state index is 4.42. The van der Waals surface area contributed by atoms with Gasteiger partial charge in [0.15, 0.2) is 0 Å². The van der Waals surface area contributed by atoms with Crippen molar-refractivity contribution in [3.8, 4) is 0 Å². The van der Waals surface area contributed by atoms with Crippen molar-refractivity contribution in [2.75, 3.05) is 18.9 Å². The molecular formula is C10H18BrN3. The molecule has 0 unspecified atom stereocenters. The Bertz CT molecular complexity index is 283. The molecule has 1 aromatic rings. The Kier molecular flexibility index (Phi) is 4.62. The molecule has 0 bridgehead atoms. The van der Waals surface area contributed by atoms with Crippen LogP contribution in [0.1, 0.15) is 18.3 Å². The van der Waals surface area contributed by atoms with E-state index in [4.69, 9.17) is 0 Å². The van der Waals surface area contributed by atoms with Crippen molar-refractivity contribution in [2.24, 2.45) is 7.05 Å². The van der Waals surface area contributed by atoms with Gasteiger partial charge in [0.2, 0.25) is 0 Å². The molecule has 0 atom stereocenters. The van der Waals surface area contributed by atoms with Gasteiger partial charge in [-0.3, -0.25) is 9.58 Å². The summed E-state index contributed by atoms with van der Waals surface area (Å²) in [7, 11) is 4.14. The highest BCUT2D eigenvalue weighted by atomic mass is 79.9. The molecule has 14 heavy (non-hydrogen) atoms. The third kappa shape index (κ3) is 3.10. The van der Waals surface area contributed by atoms with Gasteiger partial charge in [0, 0.05) is 25.5 Å². The predicted octanol–water partition coefficient (Wildman–Crippen LogP) is 1.81. The average Bonchev–Trinajstić information content (AvgIpc) is 2.48. The van der Waals surface area contributed by atoms with Gasteiger partial charge in [-0.2, -0.15) is 5.10 Å². The minimum atomic E-state index is 0.967. The Morgan fingerprint density at radius 3 is 2.79 bits per heavy atom. The van der Waals surface area contributed by atoms with Crippen LogP contribution in [0, 0.1) is 0 Å². The molecule has 0 aliphatic heterocycles. The van der Waals surface area contributed by atoms with Gasteiger partial charge in [0.25, 0.3) is 0 Å². The molecule has 4 heteroatoms. The fourth-order valence-corrected chi connectivity index (χ4v) is 2.00. The highest BCUT2D eigenvalue weighted by Crippen LogP contribution is 2.06. The van der Waals surface area contributed by atoms with Crippen molar-refractivity contribution in [1.29, 1.82) is 0 Å². The standard InChI is InChI=1S/C10H18BrN3/c1-4-9-7-10(14(3)12-9)8-13(2)6-5-11/h7H,4-6,8H2,1-3H3.